The summed E-state index contributed by atoms with van der Waals surface area (Å²) in [6.07, 6.45) is 1.94. The molecule has 0 spiro atoms. The van der Waals surface area contributed by atoms with Crippen molar-refractivity contribution in [3.8, 4) is 0 Å². The molecule has 0 saturated heterocycles. The first-order valence-corrected chi connectivity index (χ1v) is 5.97. The monoisotopic (exact) mass is 289 g/mol. The molecular weight excluding hydrogens is 269 g/mol. The Labute approximate surface area is 121 Å². The summed E-state index contributed by atoms with van der Waals surface area (Å²) in [7, 11) is 0. The van der Waals surface area contributed by atoms with Gasteiger partial charge in [0.1, 0.15) is 0 Å². The molecule has 18 heavy (non-hydrogen) atoms. The van der Waals surface area contributed by atoms with Crippen LogP contribution in [0.3, 0.4) is 0 Å². The molecule has 102 valence electrons. The van der Waals surface area contributed by atoms with E-state index in [4.69, 9.17) is 0 Å². The summed E-state index contributed by atoms with van der Waals surface area (Å²) in [4.78, 5) is 6.82. The molecule has 2 rings (SSSR count). The fourth-order valence-corrected chi connectivity index (χ4v) is 1.98. The van der Waals surface area contributed by atoms with E-state index < -0.39 is 0 Å². The van der Waals surface area contributed by atoms with Crippen molar-refractivity contribution in [2.45, 2.75) is 20.4 Å². The topological polar surface area (TPSA) is 21.1 Å². The van der Waals surface area contributed by atoms with Crippen LogP contribution in [0.15, 0.2) is 30.6 Å². The van der Waals surface area contributed by atoms with E-state index >= 15 is 0 Å². The molecule has 0 unspecified atom stereocenters. The minimum Gasteiger partial charge on any atom is -0.329 e. The molecule has 1 aromatic carbocycles. The van der Waals surface area contributed by atoms with Crippen molar-refractivity contribution in [2.24, 2.45) is 0 Å². The van der Waals surface area contributed by atoms with Crippen LogP contribution in [0.2, 0.25) is 0 Å². The molecule has 0 N–H and O–H groups in total. The van der Waals surface area contributed by atoms with Gasteiger partial charge in [0.2, 0.25) is 0 Å². The van der Waals surface area contributed by atoms with E-state index in [0.29, 0.717) is 0 Å². The molecule has 0 fully saturated rings. The molecule has 0 aliphatic heterocycles. The number of imidazole rings is 1. The minimum absolute atomic E-state index is 0. The maximum absolute atomic E-state index is 4.39. The second-order valence-electron chi connectivity index (χ2n) is 3.95. The van der Waals surface area contributed by atoms with Crippen molar-refractivity contribution in [3.05, 3.63) is 30.6 Å². The van der Waals surface area contributed by atoms with Gasteiger partial charge in [0.15, 0.2) is 0 Å². The Morgan fingerprint density at radius 2 is 1.78 bits per heavy atom. The van der Waals surface area contributed by atoms with E-state index in [-0.39, 0.29) is 24.8 Å². The van der Waals surface area contributed by atoms with Gasteiger partial charge in [-0.05, 0) is 25.2 Å². The maximum atomic E-state index is 4.39. The van der Waals surface area contributed by atoms with Gasteiger partial charge in [-0.2, -0.15) is 0 Å². The van der Waals surface area contributed by atoms with Gasteiger partial charge in [0.05, 0.1) is 17.4 Å². The number of benzene rings is 1. The van der Waals surface area contributed by atoms with E-state index in [9.17, 15) is 0 Å². The highest BCUT2D eigenvalue weighted by Crippen LogP contribution is 2.11. The van der Waals surface area contributed by atoms with Gasteiger partial charge < -0.3 is 9.47 Å². The summed E-state index contributed by atoms with van der Waals surface area (Å²) in [5.41, 5.74) is 2.32. The van der Waals surface area contributed by atoms with Crippen molar-refractivity contribution >= 4 is 35.8 Å². The van der Waals surface area contributed by atoms with E-state index in [1.165, 1.54) is 5.52 Å². The van der Waals surface area contributed by atoms with Gasteiger partial charge in [-0.15, -0.1) is 24.8 Å². The molecule has 0 atom stereocenters. The highest BCUT2D eigenvalue weighted by molar-refractivity contribution is 5.85. The fourth-order valence-electron chi connectivity index (χ4n) is 1.98. The SMILES string of the molecule is CCN(CC)CCn1cnc2ccccc21.Cl.Cl. The first-order valence-electron chi connectivity index (χ1n) is 5.97. The van der Waals surface area contributed by atoms with Crippen LogP contribution in [-0.2, 0) is 6.54 Å². The summed E-state index contributed by atoms with van der Waals surface area (Å²) in [5.74, 6) is 0. The van der Waals surface area contributed by atoms with Crippen LogP contribution < -0.4 is 0 Å². The average Bonchev–Trinajstić information content (AvgIpc) is 2.74. The summed E-state index contributed by atoms with van der Waals surface area (Å²) in [6, 6.07) is 8.29. The molecule has 0 bridgehead atoms. The number of halogens is 2. The molecule has 0 aliphatic rings. The standard InChI is InChI=1S/C13H19N3.2ClH/c1-3-15(4-2)9-10-16-11-14-12-7-5-6-8-13(12)16;;/h5-8,11H,3-4,9-10H2,1-2H3;2*1H. The van der Waals surface area contributed by atoms with Crippen LogP contribution in [0, 0.1) is 0 Å². The van der Waals surface area contributed by atoms with E-state index in [0.717, 1.165) is 31.7 Å². The van der Waals surface area contributed by atoms with Crippen LogP contribution in [-0.4, -0.2) is 34.1 Å². The average molecular weight is 290 g/mol. The molecule has 0 aliphatic carbocycles. The zero-order valence-corrected chi connectivity index (χ0v) is 12.5. The Balaban J connectivity index is 0.00000144. The van der Waals surface area contributed by atoms with Crippen LogP contribution in [0.25, 0.3) is 11.0 Å². The van der Waals surface area contributed by atoms with Gasteiger partial charge in [-0.3, -0.25) is 0 Å². The van der Waals surface area contributed by atoms with Gasteiger partial charge in [-0.1, -0.05) is 26.0 Å². The third kappa shape index (κ3) is 3.87. The molecule has 0 amide bonds. The fraction of sp³-hybridized carbons (Fsp3) is 0.462. The number of aromatic nitrogens is 2. The molecule has 1 aromatic heterocycles. The zero-order valence-electron chi connectivity index (χ0n) is 10.9. The van der Waals surface area contributed by atoms with Crippen molar-refractivity contribution in [3.63, 3.8) is 0 Å². The van der Waals surface area contributed by atoms with Gasteiger partial charge >= 0.3 is 0 Å². The smallest absolute Gasteiger partial charge is 0.0958 e. The summed E-state index contributed by atoms with van der Waals surface area (Å²) >= 11 is 0. The summed E-state index contributed by atoms with van der Waals surface area (Å²) in [6.45, 7) is 8.74. The number of fused-ring (bicyclic) bond motifs is 1. The second-order valence-corrected chi connectivity index (χ2v) is 3.95. The second kappa shape index (κ2) is 8.35. The van der Waals surface area contributed by atoms with Gasteiger partial charge in [0, 0.05) is 13.1 Å². The lowest BCUT2D eigenvalue weighted by Crippen LogP contribution is -2.26. The molecule has 3 nitrogen and oxygen atoms in total. The predicted molar refractivity (Wildman–Crippen MR) is 82.0 cm³/mol. The quantitative estimate of drug-likeness (QED) is 0.843. The predicted octanol–water partition coefficient (Wildman–Crippen LogP) is 3.22. The Hall–Kier alpha value is -0.770. The van der Waals surface area contributed by atoms with E-state index in [1.807, 2.05) is 12.4 Å². The first-order chi connectivity index (χ1) is 7.85. The van der Waals surface area contributed by atoms with Crippen molar-refractivity contribution in [1.29, 1.82) is 0 Å². The number of hydrogen-bond donors (Lipinski definition) is 0. The van der Waals surface area contributed by atoms with Crippen molar-refractivity contribution in [1.82, 2.24) is 14.5 Å². The molecule has 5 heteroatoms. The molecule has 1 heterocycles. The van der Waals surface area contributed by atoms with Gasteiger partial charge in [0.25, 0.3) is 0 Å². The number of nitrogens with zero attached hydrogens (tertiary/aromatic N) is 3. The summed E-state index contributed by atoms with van der Waals surface area (Å²) in [5, 5.41) is 0. The van der Waals surface area contributed by atoms with Crippen LogP contribution in [0.4, 0.5) is 0 Å². The molecular formula is C13H21Cl2N3. The molecule has 0 saturated carbocycles. The molecule has 2 aromatic rings. The van der Waals surface area contributed by atoms with Crippen LogP contribution in [0.1, 0.15) is 13.8 Å². The van der Waals surface area contributed by atoms with E-state index in [1.54, 1.807) is 0 Å². The maximum Gasteiger partial charge on any atom is 0.0958 e. The first kappa shape index (κ1) is 17.2. The van der Waals surface area contributed by atoms with Crippen molar-refractivity contribution < 1.29 is 0 Å². The lowest BCUT2D eigenvalue weighted by Gasteiger charge is -2.18. The van der Waals surface area contributed by atoms with Gasteiger partial charge in [-0.25, -0.2) is 4.98 Å². The molecule has 0 radical (unpaired) electrons. The Kier molecular flexibility index (Phi) is 8.00. The van der Waals surface area contributed by atoms with Crippen LogP contribution in [0.5, 0.6) is 0 Å². The number of para-hydroxylation sites is 2. The minimum atomic E-state index is 0. The zero-order chi connectivity index (χ0) is 11.4. The number of likely N-dealkylation sites (N-methyl/N-ethyl adjacent to an activating group) is 1. The Bertz CT molecular complexity index is 452. The number of hydrogen-bond acceptors (Lipinski definition) is 2. The van der Waals surface area contributed by atoms with E-state index in [2.05, 4.69) is 46.5 Å². The highest BCUT2D eigenvalue weighted by atomic mass is 35.5. The Morgan fingerprint density at radius 1 is 1.11 bits per heavy atom. The van der Waals surface area contributed by atoms with Crippen LogP contribution >= 0.6 is 24.8 Å². The number of rotatable bonds is 5. The largest absolute Gasteiger partial charge is 0.329 e. The highest BCUT2D eigenvalue weighted by Gasteiger charge is 2.03. The third-order valence-electron chi connectivity index (χ3n) is 3.08. The normalized spacial score (nSPS) is 10.2. The Morgan fingerprint density at radius 3 is 2.44 bits per heavy atom. The lowest BCUT2D eigenvalue weighted by atomic mass is 10.3. The summed E-state index contributed by atoms with van der Waals surface area (Å²) < 4.78 is 2.23. The third-order valence-corrected chi connectivity index (χ3v) is 3.08. The van der Waals surface area contributed by atoms with Crippen molar-refractivity contribution in [2.75, 3.05) is 19.6 Å². The lowest BCUT2D eigenvalue weighted by molar-refractivity contribution is 0.292.